The highest BCUT2D eigenvalue weighted by atomic mass is 19.4. The zero-order chi connectivity index (χ0) is 25.8. The highest BCUT2D eigenvalue weighted by Crippen LogP contribution is 2.32. The Morgan fingerprint density at radius 2 is 1.68 bits per heavy atom. The number of likely N-dealkylation sites (tertiary alicyclic amines) is 1. The van der Waals surface area contributed by atoms with Gasteiger partial charge >= 0.3 is 6.18 Å². The molecule has 5 rings (SSSR count). The molecule has 0 radical (unpaired) electrons. The van der Waals surface area contributed by atoms with Crippen molar-refractivity contribution < 1.29 is 17.9 Å². The van der Waals surface area contributed by atoms with Gasteiger partial charge in [-0.2, -0.15) is 13.2 Å². The summed E-state index contributed by atoms with van der Waals surface area (Å²) in [5.41, 5.74) is 2.19. The van der Waals surface area contributed by atoms with E-state index in [1.807, 2.05) is 0 Å². The van der Waals surface area contributed by atoms with E-state index in [1.54, 1.807) is 18.2 Å². The average molecular weight is 513 g/mol. The molecule has 3 heterocycles. The van der Waals surface area contributed by atoms with Crippen molar-refractivity contribution in [1.29, 1.82) is 0 Å². The van der Waals surface area contributed by atoms with Gasteiger partial charge in [0.1, 0.15) is 18.1 Å². The maximum atomic E-state index is 13.0. The number of nitrogens with zero attached hydrogens (tertiary/aromatic N) is 4. The Morgan fingerprint density at radius 1 is 0.919 bits per heavy atom. The summed E-state index contributed by atoms with van der Waals surface area (Å²) in [4.78, 5) is 11.1. The van der Waals surface area contributed by atoms with Crippen molar-refractivity contribution >= 4 is 16.6 Å². The van der Waals surface area contributed by atoms with Gasteiger partial charge in [0.2, 0.25) is 0 Å². The van der Waals surface area contributed by atoms with Crippen LogP contribution in [0.15, 0.2) is 54.6 Å². The minimum atomic E-state index is -4.45. The van der Waals surface area contributed by atoms with Crippen LogP contribution >= 0.6 is 0 Å². The predicted octanol–water partition coefficient (Wildman–Crippen LogP) is 5.34. The third-order valence-corrected chi connectivity index (χ3v) is 7.66. The van der Waals surface area contributed by atoms with Crippen LogP contribution in [0.25, 0.3) is 10.9 Å². The molecule has 0 aliphatic carbocycles. The van der Waals surface area contributed by atoms with Gasteiger partial charge in [0.15, 0.2) is 0 Å². The Labute approximate surface area is 216 Å². The number of hydrogen-bond acceptors (Lipinski definition) is 5. The Morgan fingerprint density at radius 3 is 2.43 bits per heavy atom. The highest BCUT2D eigenvalue weighted by molar-refractivity contribution is 5.85. The van der Waals surface area contributed by atoms with Gasteiger partial charge in [0, 0.05) is 43.8 Å². The predicted molar refractivity (Wildman–Crippen MR) is 141 cm³/mol. The molecule has 0 N–H and O–H groups in total. The van der Waals surface area contributed by atoms with Crippen LogP contribution in [0.2, 0.25) is 0 Å². The summed E-state index contributed by atoms with van der Waals surface area (Å²) >= 11 is 0. The average Bonchev–Trinajstić information content (AvgIpc) is 2.89. The smallest absolute Gasteiger partial charge is 0.433 e. The first-order chi connectivity index (χ1) is 17.8. The van der Waals surface area contributed by atoms with Crippen LogP contribution in [0.4, 0.5) is 18.9 Å². The van der Waals surface area contributed by atoms with Gasteiger partial charge in [0.25, 0.3) is 0 Å². The Kier molecular flexibility index (Phi) is 7.86. The van der Waals surface area contributed by atoms with Gasteiger partial charge in [-0.25, -0.2) is 4.98 Å². The molecule has 8 heteroatoms. The van der Waals surface area contributed by atoms with E-state index in [4.69, 9.17) is 4.74 Å². The number of piperazine rings is 1. The Balaban J connectivity index is 1.09. The number of rotatable bonds is 7. The van der Waals surface area contributed by atoms with Crippen molar-refractivity contribution in [3.63, 3.8) is 0 Å². The maximum absolute atomic E-state index is 13.0. The molecule has 0 spiro atoms. The van der Waals surface area contributed by atoms with Crippen LogP contribution in [-0.2, 0) is 12.6 Å². The number of likely N-dealkylation sites (N-methyl/N-ethyl adjacent to an activating group) is 1. The van der Waals surface area contributed by atoms with E-state index in [-0.39, 0.29) is 0 Å². The second-order valence-corrected chi connectivity index (χ2v) is 10.3. The summed E-state index contributed by atoms with van der Waals surface area (Å²) in [5, 5.41) is 0.605. The van der Waals surface area contributed by atoms with Crippen molar-refractivity contribution in [2.45, 2.75) is 25.4 Å². The second kappa shape index (κ2) is 11.3. The van der Waals surface area contributed by atoms with Crippen molar-refractivity contribution in [3.8, 4) is 5.75 Å². The summed E-state index contributed by atoms with van der Waals surface area (Å²) in [6.07, 6.45) is -1.01. The lowest BCUT2D eigenvalue weighted by molar-refractivity contribution is -0.140. The fourth-order valence-electron chi connectivity index (χ4n) is 5.39. The van der Waals surface area contributed by atoms with E-state index in [0.29, 0.717) is 29.2 Å². The fraction of sp³-hybridized carbons (Fsp3) is 0.483. The number of anilines is 1. The second-order valence-electron chi connectivity index (χ2n) is 10.3. The highest BCUT2D eigenvalue weighted by Gasteiger charge is 2.32. The Bertz CT molecular complexity index is 1190. The Hall–Kier alpha value is -2.84. The number of fused-ring (bicyclic) bond motifs is 1. The van der Waals surface area contributed by atoms with Gasteiger partial charge in [-0.3, -0.25) is 4.90 Å². The van der Waals surface area contributed by atoms with Crippen molar-refractivity contribution in [2.75, 3.05) is 64.4 Å². The van der Waals surface area contributed by atoms with Gasteiger partial charge in [-0.15, -0.1) is 0 Å². The molecule has 0 amide bonds. The molecule has 0 saturated carbocycles. The number of ether oxygens (including phenoxy) is 1. The van der Waals surface area contributed by atoms with E-state index in [2.05, 4.69) is 51.0 Å². The molecule has 1 aromatic heterocycles. The maximum Gasteiger partial charge on any atom is 0.433 e. The van der Waals surface area contributed by atoms with E-state index >= 15 is 0 Å². The molecule has 5 nitrogen and oxygen atoms in total. The van der Waals surface area contributed by atoms with E-state index in [0.717, 1.165) is 71.1 Å². The van der Waals surface area contributed by atoms with Crippen LogP contribution in [0.1, 0.15) is 24.1 Å². The van der Waals surface area contributed by atoms with Gasteiger partial charge in [-0.05, 0) is 87.3 Å². The lowest BCUT2D eigenvalue weighted by Gasteiger charge is -2.34. The fourth-order valence-corrected chi connectivity index (χ4v) is 5.39. The topological polar surface area (TPSA) is 31.8 Å². The third kappa shape index (κ3) is 6.54. The van der Waals surface area contributed by atoms with Crippen molar-refractivity contribution in [3.05, 3.63) is 65.9 Å². The van der Waals surface area contributed by atoms with Crippen LogP contribution < -0.4 is 9.64 Å². The number of pyridine rings is 1. The van der Waals surface area contributed by atoms with Crippen LogP contribution in [0.3, 0.4) is 0 Å². The zero-order valence-electron chi connectivity index (χ0n) is 21.4. The molecule has 3 aromatic rings. The van der Waals surface area contributed by atoms with Crippen LogP contribution in [0.5, 0.6) is 5.75 Å². The molecule has 2 fully saturated rings. The zero-order valence-corrected chi connectivity index (χ0v) is 21.4. The minimum absolute atomic E-state index is 0.296. The quantitative estimate of drug-likeness (QED) is 0.427. The van der Waals surface area contributed by atoms with E-state index < -0.39 is 11.9 Å². The first-order valence-corrected chi connectivity index (χ1v) is 13.2. The standard InChI is InChI=1S/C29H35F3N4O/c1-34-14-16-36(17-15-34)24-5-2-4-23(21-24)20-22-10-12-35(13-11-22)18-19-37-27-7-3-6-26-25(27)8-9-28(33-26)29(30,31)32/h2-9,21-22H,10-20H2,1H3. The third-order valence-electron chi connectivity index (χ3n) is 7.66. The molecule has 198 valence electrons. The van der Waals surface area contributed by atoms with Gasteiger partial charge in [-0.1, -0.05) is 18.2 Å². The molecule has 0 unspecified atom stereocenters. The first kappa shape index (κ1) is 25.8. The van der Waals surface area contributed by atoms with E-state index in [1.165, 1.54) is 17.3 Å². The lowest BCUT2D eigenvalue weighted by atomic mass is 9.90. The summed E-state index contributed by atoms with van der Waals surface area (Å²) in [6.45, 7) is 7.78. The van der Waals surface area contributed by atoms with E-state index in [9.17, 15) is 13.2 Å². The molecule has 0 bridgehead atoms. The normalized spacial score (nSPS) is 18.4. The number of halogens is 3. The molecular weight excluding hydrogens is 477 g/mol. The summed E-state index contributed by atoms with van der Waals surface area (Å²) in [5.74, 6) is 1.26. The SMILES string of the molecule is CN1CCN(c2cccc(CC3CCN(CCOc4cccc5nc(C(F)(F)F)ccc45)CC3)c2)CC1. The summed E-state index contributed by atoms with van der Waals surface area (Å²) in [7, 11) is 2.18. The largest absolute Gasteiger partial charge is 0.492 e. The first-order valence-electron chi connectivity index (χ1n) is 13.2. The van der Waals surface area contributed by atoms with Gasteiger partial charge < -0.3 is 14.5 Å². The van der Waals surface area contributed by atoms with Crippen molar-refractivity contribution in [2.24, 2.45) is 5.92 Å². The molecule has 37 heavy (non-hydrogen) atoms. The van der Waals surface area contributed by atoms with Crippen LogP contribution in [-0.4, -0.2) is 74.3 Å². The lowest BCUT2D eigenvalue weighted by Crippen LogP contribution is -2.44. The molecule has 2 saturated heterocycles. The molecular formula is C29H35F3N4O. The molecule has 2 aliphatic rings. The number of alkyl halides is 3. The molecule has 0 atom stereocenters. The molecule has 2 aromatic carbocycles. The summed E-state index contributed by atoms with van der Waals surface area (Å²) in [6, 6.07) is 16.6. The van der Waals surface area contributed by atoms with Crippen LogP contribution in [0, 0.1) is 5.92 Å². The molecule has 2 aliphatic heterocycles. The number of aromatic nitrogens is 1. The van der Waals surface area contributed by atoms with Gasteiger partial charge in [0.05, 0.1) is 5.52 Å². The number of benzene rings is 2. The number of hydrogen-bond donors (Lipinski definition) is 0. The van der Waals surface area contributed by atoms with Crippen molar-refractivity contribution in [1.82, 2.24) is 14.8 Å². The number of piperidine rings is 1. The minimum Gasteiger partial charge on any atom is -0.492 e. The monoisotopic (exact) mass is 512 g/mol. The summed E-state index contributed by atoms with van der Waals surface area (Å²) < 4.78 is 44.9.